The summed E-state index contributed by atoms with van der Waals surface area (Å²) in [4.78, 5) is 29.7. The lowest BCUT2D eigenvalue weighted by atomic mass is 10.2. The van der Waals surface area contributed by atoms with Crippen molar-refractivity contribution in [1.82, 2.24) is 29.5 Å². The Kier molecular flexibility index (Phi) is 6.90. The zero-order valence-corrected chi connectivity index (χ0v) is 19.8. The Morgan fingerprint density at radius 2 is 1.58 bits per heavy atom. The minimum Gasteiger partial charge on any atom is -0.351 e. The van der Waals surface area contributed by atoms with Gasteiger partial charge in [-0.05, 0) is 29.8 Å². The van der Waals surface area contributed by atoms with E-state index in [-0.39, 0.29) is 24.0 Å². The Balaban J connectivity index is 1.25. The van der Waals surface area contributed by atoms with E-state index >= 15 is 0 Å². The number of hydrogen-bond donors (Lipinski definition) is 1. The molecule has 5 rings (SSSR count). The van der Waals surface area contributed by atoms with Gasteiger partial charge in [0.2, 0.25) is 5.91 Å². The van der Waals surface area contributed by atoms with E-state index in [2.05, 4.69) is 10.4 Å². The van der Waals surface area contributed by atoms with Crippen LogP contribution >= 0.6 is 0 Å². The average Bonchev–Trinajstić information content (AvgIpc) is 3.59. The molecule has 0 aliphatic carbocycles. The second-order valence-corrected chi connectivity index (χ2v) is 8.67. The Morgan fingerprint density at radius 1 is 0.889 bits per heavy atom. The number of aromatic nitrogens is 3. The molecule has 0 atom stereocenters. The predicted molar refractivity (Wildman–Crippen MR) is 133 cm³/mol. The van der Waals surface area contributed by atoms with Crippen molar-refractivity contribution in [3.05, 3.63) is 102 Å². The van der Waals surface area contributed by atoms with E-state index in [1.807, 2.05) is 47.4 Å². The first-order valence-corrected chi connectivity index (χ1v) is 11.9. The number of para-hydroxylation sites is 1. The smallest absolute Gasteiger partial charge is 0.259 e. The SMILES string of the molecule is O=C(CN1CCN(C(=O)c2cnn(-c3ccccc3F)c2-n2cccc2)CC1)NCc1ccccc1. The van der Waals surface area contributed by atoms with Crippen molar-refractivity contribution in [3.63, 3.8) is 0 Å². The molecular formula is C27H27FN6O2. The number of carbonyl (C=O) groups excluding carboxylic acids is 2. The molecule has 0 unspecified atom stereocenters. The summed E-state index contributed by atoms with van der Waals surface area (Å²) < 4.78 is 17.8. The van der Waals surface area contributed by atoms with Gasteiger partial charge in [-0.2, -0.15) is 5.10 Å². The van der Waals surface area contributed by atoms with Crippen molar-refractivity contribution in [3.8, 4) is 11.5 Å². The summed E-state index contributed by atoms with van der Waals surface area (Å²) >= 11 is 0. The van der Waals surface area contributed by atoms with Crippen LogP contribution in [-0.2, 0) is 11.3 Å². The first-order chi connectivity index (χ1) is 17.6. The summed E-state index contributed by atoms with van der Waals surface area (Å²) in [7, 11) is 0. The maximum absolute atomic E-state index is 14.6. The molecule has 9 heteroatoms. The highest BCUT2D eigenvalue weighted by atomic mass is 19.1. The molecule has 0 bridgehead atoms. The molecule has 3 heterocycles. The van der Waals surface area contributed by atoms with Gasteiger partial charge in [-0.1, -0.05) is 42.5 Å². The van der Waals surface area contributed by atoms with Crippen molar-refractivity contribution in [2.24, 2.45) is 0 Å². The van der Waals surface area contributed by atoms with Gasteiger partial charge in [0.25, 0.3) is 5.91 Å². The molecule has 184 valence electrons. The molecule has 1 N–H and O–H groups in total. The lowest BCUT2D eigenvalue weighted by Gasteiger charge is -2.34. The van der Waals surface area contributed by atoms with E-state index in [9.17, 15) is 14.0 Å². The molecule has 2 amide bonds. The molecule has 4 aromatic rings. The van der Waals surface area contributed by atoms with Gasteiger partial charge in [-0.15, -0.1) is 0 Å². The van der Waals surface area contributed by atoms with E-state index in [0.717, 1.165) is 5.56 Å². The molecule has 2 aromatic heterocycles. The Bertz CT molecular complexity index is 1330. The van der Waals surface area contributed by atoms with Crippen molar-refractivity contribution in [2.75, 3.05) is 32.7 Å². The van der Waals surface area contributed by atoms with Crippen molar-refractivity contribution in [2.45, 2.75) is 6.54 Å². The van der Waals surface area contributed by atoms with Crippen LogP contribution in [-0.4, -0.2) is 68.7 Å². The number of nitrogens with one attached hydrogen (secondary N) is 1. The number of hydrogen-bond acceptors (Lipinski definition) is 4. The standard InChI is InChI=1S/C27H27FN6O2/c28-23-10-4-5-11-24(23)34-26(32-12-6-7-13-32)22(19-30-34)27(36)33-16-14-31(15-17-33)20-25(35)29-18-21-8-2-1-3-9-21/h1-13,19H,14-18,20H2,(H,29,35). The van der Waals surface area contributed by atoms with Gasteiger partial charge in [-0.3, -0.25) is 14.5 Å². The molecule has 1 saturated heterocycles. The number of piperazine rings is 1. The predicted octanol–water partition coefficient (Wildman–Crippen LogP) is 2.88. The van der Waals surface area contributed by atoms with Crippen molar-refractivity contribution >= 4 is 11.8 Å². The largest absolute Gasteiger partial charge is 0.351 e. The number of benzene rings is 2. The third-order valence-corrected chi connectivity index (χ3v) is 6.26. The number of amides is 2. The Labute approximate surface area is 208 Å². The highest BCUT2D eigenvalue weighted by molar-refractivity contribution is 5.97. The monoisotopic (exact) mass is 486 g/mol. The van der Waals surface area contributed by atoms with Crippen LogP contribution in [0, 0.1) is 5.82 Å². The molecule has 0 saturated carbocycles. The second kappa shape index (κ2) is 10.6. The topological polar surface area (TPSA) is 75.4 Å². The average molecular weight is 487 g/mol. The molecule has 0 radical (unpaired) electrons. The minimum atomic E-state index is -0.424. The summed E-state index contributed by atoms with van der Waals surface area (Å²) in [5.41, 5.74) is 1.71. The minimum absolute atomic E-state index is 0.0420. The molecule has 8 nitrogen and oxygen atoms in total. The highest BCUT2D eigenvalue weighted by Gasteiger charge is 2.28. The van der Waals surface area contributed by atoms with Crippen LogP contribution < -0.4 is 5.32 Å². The summed E-state index contributed by atoms with van der Waals surface area (Å²) in [5, 5.41) is 7.31. The van der Waals surface area contributed by atoms with E-state index in [1.54, 1.807) is 40.1 Å². The number of rotatable bonds is 7. The summed E-state index contributed by atoms with van der Waals surface area (Å²) in [5.74, 6) is -0.154. The lowest BCUT2D eigenvalue weighted by molar-refractivity contribution is -0.122. The van der Waals surface area contributed by atoms with Crippen LogP contribution in [0.4, 0.5) is 4.39 Å². The van der Waals surface area contributed by atoms with Gasteiger partial charge in [-0.25, -0.2) is 9.07 Å². The fourth-order valence-corrected chi connectivity index (χ4v) is 4.35. The van der Waals surface area contributed by atoms with Gasteiger partial charge >= 0.3 is 0 Å². The normalized spacial score (nSPS) is 14.1. The third kappa shape index (κ3) is 5.06. The molecule has 0 spiro atoms. The first-order valence-electron chi connectivity index (χ1n) is 11.9. The van der Waals surface area contributed by atoms with Crippen LogP contribution in [0.5, 0.6) is 0 Å². The zero-order chi connectivity index (χ0) is 24.9. The molecule has 36 heavy (non-hydrogen) atoms. The maximum Gasteiger partial charge on any atom is 0.259 e. The van der Waals surface area contributed by atoms with Crippen LogP contribution in [0.25, 0.3) is 11.5 Å². The van der Waals surface area contributed by atoms with E-state index in [0.29, 0.717) is 44.1 Å². The number of carbonyl (C=O) groups is 2. The van der Waals surface area contributed by atoms with Gasteiger partial charge < -0.3 is 14.8 Å². The maximum atomic E-state index is 14.6. The third-order valence-electron chi connectivity index (χ3n) is 6.26. The number of halogens is 1. The van der Waals surface area contributed by atoms with Gasteiger partial charge in [0, 0.05) is 45.1 Å². The van der Waals surface area contributed by atoms with Crippen LogP contribution in [0.15, 0.2) is 85.3 Å². The van der Waals surface area contributed by atoms with Crippen molar-refractivity contribution in [1.29, 1.82) is 0 Å². The van der Waals surface area contributed by atoms with Crippen molar-refractivity contribution < 1.29 is 14.0 Å². The summed E-state index contributed by atoms with van der Waals surface area (Å²) in [6, 6.07) is 19.8. The molecule has 1 aliphatic rings. The summed E-state index contributed by atoms with van der Waals surface area (Å²) in [6.45, 7) is 2.93. The quantitative estimate of drug-likeness (QED) is 0.436. The zero-order valence-electron chi connectivity index (χ0n) is 19.8. The lowest BCUT2D eigenvalue weighted by Crippen LogP contribution is -2.51. The number of nitrogens with zero attached hydrogens (tertiary/aromatic N) is 5. The highest BCUT2D eigenvalue weighted by Crippen LogP contribution is 2.23. The van der Waals surface area contributed by atoms with Crippen LogP contribution in [0.1, 0.15) is 15.9 Å². The molecule has 1 fully saturated rings. The second-order valence-electron chi connectivity index (χ2n) is 8.67. The van der Waals surface area contributed by atoms with E-state index in [4.69, 9.17) is 0 Å². The summed E-state index contributed by atoms with van der Waals surface area (Å²) in [6.07, 6.45) is 5.10. The Morgan fingerprint density at radius 3 is 2.31 bits per heavy atom. The van der Waals surface area contributed by atoms with Gasteiger partial charge in [0.05, 0.1) is 12.7 Å². The molecule has 2 aromatic carbocycles. The molecule has 1 aliphatic heterocycles. The van der Waals surface area contributed by atoms with Crippen LogP contribution in [0.3, 0.4) is 0 Å². The fourth-order valence-electron chi connectivity index (χ4n) is 4.35. The van der Waals surface area contributed by atoms with Gasteiger partial charge in [0.15, 0.2) is 5.82 Å². The van der Waals surface area contributed by atoms with E-state index < -0.39 is 5.82 Å². The molecular weight excluding hydrogens is 459 g/mol. The van der Waals surface area contributed by atoms with Crippen LogP contribution in [0.2, 0.25) is 0 Å². The fraction of sp³-hybridized carbons (Fsp3) is 0.222. The van der Waals surface area contributed by atoms with E-state index in [1.165, 1.54) is 16.9 Å². The Hall–Kier alpha value is -4.24. The van der Waals surface area contributed by atoms with Gasteiger partial charge in [0.1, 0.15) is 17.1 Å². The first kappa shape index (κ1) is 23.5.